The van der Waals surface area contributed by atoms with Crippen molar-refractivity contribution in [3.63, 3.8) is 0 Å². The molecule has 1 saturated carbocycles. The first-order chi connectivity index (χ1) is 10.1. The van der Waals surface area contributed by atoms with Crippen LogP contribution in [0.1, 0.15) is 41.0 Å². The van der Waals surface area contributed by atoms with E-state index in [1.54, 1.807) is 0 Å². The third-order valence-electron chi connectivity index (χ3n) is 4.13. The Kier molecular flexibility index (Phi) is 3.80. The van der Waals surface area contributed by atoms with E-state index in [-0.39, 0.29) is 29.1 Å². The van der Waals surface area contributed by atoms with Gasteiger partial charge in [-0.2, -0.15) is 0 Å². The molecule has 6 nitrogen and oxygen atoms in total. The second kappa shape index (κ2) is 5.60. The highest BCUT2D eigenvalue weighted by Gasteiger charge is 2.37. The maximum atomic E-state index is 12.3. The van der Waals surface area contributed by atoms with Gasteiger partial charge in [0.25, 0.3) is 5.91 Å². The molecule has 0 aromatic carbocycles. The zero-order valence-corrected chi connectivity index (χ0v) is 12.4. The van der Waals surface area contributed by atoms with Crippen molar-refractivity contribution in [2.75, 3.05) is 7.11 Å². The van der Waals surface area contributed by atoms with Crippen molar-refractivity contribution >= 4 is 23.5 Å². The summed E-state index contributed by atoms with van der Waals surface area (Å²) in [4.78, 5) is 31.9. The number of aryl methyl sites for hydroxylation is 1. The van der Waals surface area contributed by atoms with Gasteiger partial charge < -0.3 is 10.1 Å². The monoisotopic (exact) mass is 309 g/mol. The van der Waals surface area contributed by atoms with E-state index in [0.29, 0.717) is 18.5 Å². The quantitative estimate of drug-likeness (QED) is 0.672. The molecule has 7 heteroatoms. The molecule has 1 fully saturated rings. The number of hydrogen-bond acceptors (Lipinski definition) is 5. The number of amides is 1. The fourth-order valence-corrected chi connectivity index (χ4v) is 3.13. The second-order valence-electron chi connectivity index (χ2n) is 5.48. The third kappa shape index (κ3) is 2.72. The van der Waals surface area contributed by atoms with Crippen LogP contribution in [0.25, 0.3) is 0 Å². The average molecular weight is 310 g/mol. The van der Waals surface area contributed by atoms with E-state index in [9.17, 15) is 9.59 Å². The lowest BCUT2D eigenvalue weighted by molar-refractivity contribution is -0.149. The second-order valence-corrected chi connectivity index (χ2v) is 5.82. The molecule has 0 saturated heterocycles. The number of esters is 1. The predicted molar refractivity (Wildman–Crippen MR) is 75.1 cm³/mol. The smallest absolute Gasteiger partial charge is 0.308 e. The van der Waals surface area contributed by atoms with Crippen molar-refractivity contribution in [3.05, 3.63) is 22.2 Å². The zero-order valence-electron chi connectivity index (χ0n) is 11.7. The number of nitrogens with one attached hydrogen (secondary N) is 1. The fraction of sp³-hybridized carbons (Fsp3) is 0.571. The summed E-state index contributed by atoms with van der Waals surface area (Å²) in [6.07, 6.45) is 3.84. The molecule has 0 bridgehead atoms. The first-order valence-electron chi connectivity index (χ1n) is 7.02. The molecule has 1 amide bonds. The first kappa shape index (κ1) is 14.3. The Morgan fingerprint density at radius 1 is 1.29 bits per heavy atom. The normalized spacial score (nSPS) is 23.1. The van der Waals surface area contributed by atoms with Gasteiger partial charge in [-0.3, -0.25) is 9.59 Å². The minimum Gasteiger partial charge on any atom is -0.469 e. The molecule has 0 spiro atoms. The number of hydrogen-bond donors (Lipinski definition) is 1. The largest absolute Gasteiger partial charge is 0.469 e. The Bertz CT molecular complexity index is 599. The number of aromatic nitrogens is 2. The Balaban J connectivity index is 1.66. The van der Waals surface area contributed by atoms with Gasteiger partial charge in [-0.1, -0.05) is 0 Å². The lowest BCUT2D eigenvalue weighted by atomic mass is 9.80. The summed E-state index contributed by atoms with van der Waals surface area (Å²) >= 11 is 5.88. The molecular weight excluding hydrogens is 294 g/mol. The Labute approximate surface area is 127 Å². The number of carbonyl (C=O) groups excluding carboxylic acids is 2. The summed E-state index contributed by atoms with van der Waals surface area (Å²) in [5.74, 6) is -0.558. The van der Waals surface area contributed by atoms with Gasteiger partial charge in [-0.05, 0) is 43.7 Å². The van der Waals surface area contributed by atoms with Gasteiger partial charge in [-0.15, -0.1) is 0 Å². The molecule has 21 heavy (non-hydrogen) atoms. The lowest BCUT2D eigenvalue weighted by Crippen LogP contribution is -2.47. The number of rotatable bonds is 3. The van der Waals surface area contributed by atoms with Gasteiger partial charge in [-0.25, -0.2) is 9.97 Å². The van der Waals surface area contributed by atoms with Gasteiger partial charge in [0.2, 0.25) is 5.28 Å². The summed E-state index contributed by atoms with van der Waals surface area (Å²) in [5.41, 5.74) is 2.16. The van der Waals surface area contributed by atoms with Crippen LogP contribution < -0.4 is 5.32 Å². The molecule has 112 valence electrons. The standard InChI is InChI=1S/C14H16ClN3O3/c1-21-13(20)7-5-8(6-7)16-12(19)11-9-3-2-4-10(9)17-14(15)18-11/h7-8H,2-6H2,1H3,(H,16,19). The molecule has 2 aliphatic rings. The van der Waals surface area contributed by atoms with Crippen LogP contribution in [0.2, 0.25) is 5.28 Å². The fourth-order valence-electron chi connectivity index (χ4n) is 2.94. The third-order valence-corrected chi connectivity index (χ3v) is 4.30. The van der Waals surface area contributed by atoms with Crippen LogP contribution in [0.15, 0.2) is 0 Å². The van der Waals surface area contributed by atoms with E-state index in [4.69, 9.17) is 11.6 Å². The van der Waals surface area contributed by atoms with Crippen LogP contribution in [0.5, 0.6) is 0 Å². The molecule has 1 aromatic rings. The summed E-state index contributed by atoms with van der Waals surface area (Å²) in [5, 5.41) is 3.02. The van der Waals surface area contributed by atoms with Gasteiger partial charge in [0.15, 0.2) is 0 Å². The molecule has 0 unspecified atom stereocenters. The van der Waals surface area contributed by atoms with Crippen LogP contribution in [-0.4, -0.2) is 35.0 Å². The molecule has 0 radical (unpaired) electrons. The van der Waals surface area contributed by atoms with Crippen molar-refractivity contribution in [1.29, 1.82) is 0 Å². The summed E-state index contributed by atoms with van der Waals surface area (Å²) in [6, 6.07) is -0.00704. The summed E-state index contributed by atoms with van der Waals surface area (Å²) < 4.78 is 4.68. The average Bonchev–Trinajstić information content (AvgIpc) is 2.88. The minimum atomic E-state index is -0.231. The summed E-state index contributed by atoms with van der Waals surface area (Å²) in [6.45, 7) is 0. The minimum absolute atomic E-state index is 0.00704. The van der Waals surface area contributed by atoms with E-state index in [1.165, 1.54) is 7.11 Å². The topological polar surface area (TPSA) is 81.2 Å². The number of halogens is 1. The molecule has 0 atom stereocenters. The maximum absolute atomic E-state index is 12.3. The SMILES string of the molecule is COC(=O)C1CC(NC(=O)c2nc(Cl)nc3c2CCC3)C1. The highest BCUT2D eigenvalue weighted by atomic mass is 35.5. The van der Waals surface area contributed by atoms with Crippen molar-refractivity contribution in [2.45, 2.75) is 38.1 Å². The van der Waals surface area contributed by atoms with Crippen molar-refractivity contribution in [1.82, 2.24) is 15.3 Å². The van der Waals surface area contributed by atoms with E-state index >= 15 is 0 Å². The van der Waals surface area contributed by atoms with Crippen LogP contribution in [-0.2, 0) is 22.4 Å². The zero-order chi connectivity index (χ0) is 15.0. The highest BCUT2D eigenvalue weighted by Crippen LogP contribution is 2.29. The number of carbonyl (C=O) groups is 2. The lowest BCUT2D eigenvalue weighted by Gasteiger charge is -2.33. The molecule has 1 heterocycles. The van der Waals surface area contributed by atoms with Gasteiger partial charge >= 0.3 is 5.97 Å². The number of nitrogens with zero attached hydrogens (tertiary/aromatic N) is 2. The van der Waals surface area contributed by atoms with Gasteiger partial charge in [0.05, 0.1) is 13.0 Å². The number of fused-ring (bicyclic) bond motifs is 1. The molecule has 2 aliphatic carbocycles. The van der Waals surface area contributed by atoms with E-state index in [0.717, 1.165) is 30.5 Å². The predicted octanol–water partition coefficient (Wildman–Crippen LogP) is 1.30. The van der Waals surface area contributed by atoms with Crippen molar-refractivity contribution < 1.29 is 14.3 Å². The Morgan fingerprint density at radius 2 is 2.05 bits per heavy atom. The summed E-state index contributed by atoms with van der Waals surface area (Å²) in [7, 11) is 1.38. The number of ether oxygens (including phenoxy) is 1. The van der Waals surface area contributed by atoms with Crippen LogP contribution in [0.4, 0.5) is 0 Å². The molecule has 0 aliphatic heterocycles. The molecule has 1 N–H and O–H groups in total. The molecule has 1 aromatic heterocycles. The molecular formula is C14H16ClN3O3. The number of methoxy groups -OCH3 is 1. The Hall–Kier alpha value is -1.69. The van der Waals surface area contributed by atoms with Crippen LogP contribution in [0.3, 0.4) is 0 Å². The van der Waals surface area contributed by atoms with E-state index in [2.05, 4.69) is 20.0 Å². The van der Waals surface area contributed by atoms with E-state index in [1.807, 2.05) is 0 Å². The molecule has 3 rings (SSSR count). The van der Waals surface area contributed by atoms with Crippen molar-refractivity contribution in [2.24, 2.45) is 5.92 Å². The van der Waals surface area contributed by atoms with Gasteiger partial charge in [0, 0.05) is 17.3 Å². The van der Waals surface area contributed by atoms with Crippen molar-refractivity contribution in [3.8, 4) is 0 Å². The highest BCUT2D eigenvalue weighted by molar-refractivity contribution is 6.28. The van der Waals surface area contributed by atoms with Gasteiger partial charge in [0.1, 0.15) is 5.69 Å². The van der Waals surface area contributed by atoms with Crippen LogP contribution >= 0.6 is 11.6 Å². The van der Waals surface area contributed by atoms with E-state index < -0.39 is 0 Å². The maximum Gasteiger partial charge on any atom is 0.308 e. The first-order valence-corrected chi connectivity index (χ1v) is 7.40. The Morgan fingerprint density at radius 3 is 2.76 bits per heavy atom. The van der Waals surface area contributed by atoms with Crippen LogP contribution in [0, 0.1) is 5.92 Å².